The first-order chi connectivity index (χ1) is 17.0. The SMILES string of the molecule is CCCCOc1cccc(C2c3c(-c4cc(C)cc(C)c4O)n[nH]c3C(=O)N2Cc2ccco2)c1. The number of fused-ring (bicyclic) bond motifs is 1. The number of H-pyrrole nitrogens is 1. The van der Waals surface area contributed by atoms with E-state index >= 15 is 0 Å². The van der Waals surface area contributed by atoms with Crippen LogP contribution in [0.25, 0.3) is 11.3 Å². The number of aromatic amines is 1. The Bertz CT molecular complexity index is 1360. The summed E-state index contributed by atoms with van der Waals surface area (Å²) < 4.78 is 11.5. The van der Waals surface area contributed by atoms with Crippen LogP contribution in [0.3, 0.4) is 0 Å². The van der Waals surface area contributed by atoms with E-state index < -0.39 is 6.04 Å². The maximum atomic E-state index is 13.6. The fraction of sp³-hybridized carbons (Fsp3) is 0.286. The lowest BCUT2D eigenvalue weighted by Crippen LogP contribution is -2.29. The number of aromatic nitrogens is 2. The van der Waals surface area contributed by atoms with Crippen LogP contribution in [0.5, 0.6) is 11.5 Å². The van der Waals surface area contributed by atoms with Crippen LogP contribution in [-0.2, 0) is 6.54 Å². The van der Waals surface area contributed by atoms with Gasteiger partial charge in [-0.3, -0.25) is 9.89 Å². The predicted octanol–water partition coefficient (Wildman–Crippen LogP) is 5.92. The van der Waals surface area contributed by atoms with E-state index in [1.807, 2.05) is 62.4 Å². The van der Waals surface area contributed by atoms with Gasteiger partial charge in [0.25, 0.3) is 5.91 Å². The van der Waals surface area contributed by atoms with Crippen molar-refractivity contribution in [1.29, 1.82) is 0 Å². The molecule has 1 atom stereocenters. The normalized spacial score (nSPS) is 15.0. The van der Waals surface area contributed by atoms with Crippen LogP contribution in [0.2, 0.25) is 0 Å². The Labute approximate surface area is 204 Å². The van der Waals surface area contributed by atoms with Crippen molar-refractivity contribution >= 4 is 5.91 Å². The van der Waals surface area contributed by atoms with Gasteiger partial charge >= 0.3 is 0 Å². The number of aryl methyl sites for hydroxylation is 2. The summed E-state index contributed by atoms with van der Waals surface area (Å²) in [7, 11) is 0. The second-order valence-electron chi connectivity index (χ2n) is 9.03. The van der Waals surface area contributed by atoms with Crippen LogP contribution >= 0.6 is 0 Å². The third kappa shape index (κ3) is 4.18. The molecule has 180 valence electrons. The van der Waals surface area contributed by atoms with E-state index in [9.17, 15) is 9.90 Å². The van der Waals surface area contributed by atoms with Crippen molar-refractivity contribution < 1.29 is 19.1 Å². The van der Waals surface area contributed by atoms with Gasteiger partial charge in [-0.1, -0.05) is 31.5 Å². The van der Waals surface area contributed by atoms with Crippen molar-refractivity contribution in [2.75, 3.05) is 6.61 Å². The molecule has 5 rings (SSSR count). The number of ether oxygens (including phenoxy) is 1. The number of carbonyl (C=O) groups is 1. The van der Waals surface area contributed by atoms with Crippen LogP contribution in [0.1, 0.15) is 64.3 Å². The number of hydrogen-bond acceptors (Lipinski definition) is 5. The smallest absolute Gasteiger partial charge is 0.273 e. The number of carbonyl (C=O) groups excluding carboxylic acids is 1. The molecule has 0 saturated carbocycles. The Kier molecular flexibility index (Phi) is 6.07. The largest absolute Gasteiger partial charge is 0.507 e. The van der Waals surface area contributed by atoms with Crippen molar-refractivity contribution in [2.45, 2.75) is 46.2 Å². The first-order valence-corrected chi connectivity index (χ1v) is 11.9. The highest BCUT2D eigenvalue weighted by molar-refractivity contribution is 6.00. The zero-order valence-electron chi connectivity index (χ0n) is 20.2. The third-order valence-electron chi connectivity index (χ3n) is 6.41. The summed E-state index contributed by atoms with van der Waals surface area (Å²) in [6, 6.07) is 14.9. The van der Waals surface area contributed by atoms with E-state index in [2.05, 4.69) is 17.1 Å². The summed E-state index contributed by atoms with van der Waals surface area (Å²) in [5.74, 6) is 1.44. The summed E-state index contributed by atoms with van der Waals surface area (Å²) >= 11 is 0. The van der Waals surface area contributed by atoms with Crippen molar-refractivity contribution in [2.24, 2.45) is 0 Å². The molecule has 35 heavy (non-hydrogen) atoms. The van der Waals surface area contributed by atoms with E-state index in [0.717, 1.165) is 40.8 Å². The van der Waals surface area contributed by atoms with E-state index in [1.165, 1.54) is 0 Å². The molecule has 0 saturated heterocycles. The first-order valence-electron chi connectivity index (χ1n) is 11.9. The lowest BCUT2D eigenvalue weighted by atomic mass is 9.94. The Morgan fingerprint density at radius 3 is 2.80 bits per heavy atom. The number of unbranched alkanes of at least 4 members (excludes halogenated alkanes) is 1. The van der Waals surface area contributed by atoms with Gasteiger partial charge in [-0.05, 0) is 67.3 Å². The van der Waals surface area contributed by atoms with Gasteiger partial charge in [-0.15, -0.1) is 0 Å². The fourth-order valence-corrected chi connectivity index (χ4v) is 4.73. The molecule has 7 heteroatoms. The number of phenols is 1. The van der Waals surface area contributed by atoms with E-state index in [1.54, 1.807) is 11.2 Å². The molecule has 1 amide bonds. The number of amides is 1. The van der Waals surface area contributed by atoms with Crippen molar-refractivity contribution in [3.63, 3.8) is 0 Å². The molecule has 2 N–H and O–H groups in total. The number of aromatic hydroxyl groups is 1. The number of nitrogens with zero attached hydrogens (tertiary/aromatic N) is 2. The standard InChI is InChI=1S/C28H29N3O4/c1-4-5-11-34-20-9-6-8-19(15-20)26-23-24(22-14-17(2)13-18(3)27(22)32)29-30-25(23)28(33)31(26)16-21-10-7-12-35-21/h6-10,12-15,26,32H,4-5,11,16H2,1-3H3,(H,29,30). The zero-order chi connectivity index (χ0) is 24.5. The van der Waals surface area contributed by atoms with Crippen LogP contribution in [-0.4, -0.2) is 32.7 Å². The van der Waals surface area contributed by atoms with Gasteiger partial charge in [-0.2, -0.15) is 5.10 Å². The Morgan fingerprint density at radius 2 is 2.03 bits per heavy atom. The van der Waals surface area contributed by atoms with E-state index in [-0.39, 0.29) is 11.7 Å². The number of nitrogens with one attached hydrogen (secondary N) is 1. The molecule has 0 fully saturated rings. The monoisotopic (exact) mass is 471 g/mol. The highest BCUT2D eigenvalue weighted by atomic mass is 16.5. The molecule has 0 radical (unpaired) electrons. The lowest BCUT2D eigenvalue weighted by molar-refractivity contribution is 0.0716. The number of phenolic OH excluding ortho intramolecular Hbond substituents is 1. The second-order valence-corrected chi connectivity index (χ2v) is 9.03. The molecule has 7 nitrogen and oxygen atoms in total. The molecule has 2 aromatic heterocycles. The van der Waals surface area contributed by atoms with Crippen molar-refractivity contribution in [3.05, 3.63) is 88.5 Å². The Hall–Kier alpha value is -4.00. The van der Waals surface area contributed by atoms with Gasteiger partial charge in [0.05, 0.1) is 25.5 Å². The van der Waals surface area contributed by atoms with Gasteiger partial charge in [0, 0.05) is 11.1 Å². The topological polar surface area (TPSA) is 91.6 Å². The molecule has 0 bridgehead atoms. The van der Waals surface area contributed by atoms with Crippen molar-refractivity contribution in [3.8, 4) is 22.8 Å². The number of hydrogen-bond donors (Lipinski definition) is 2. The first kappa shape index (κ1) is 22.8. The average molecular weight is 472 g/mol. The highest BCUT2D eigenvalue weighted by Gasteiger charge is 2.43. The van der Waals surface area contributed by atoms with E-state index in [0.29, 0.717) is 35.9 Å². The fourth-order valence-electron chi connectivity index (χ4n) is 4.73. The van der Waals surface area contributed by atoms with Crippen molar-refractivity contribution in [1.82, 2.24) is 15.1 Å². The number of furan rings is 1. The van der Waals surface area contributed by atoms with Crippen LogP contribution in [0.15, 0.2) is 59.2 Å². The summed E-state index contributed by atoms with van der Waals surface area (Å²) in [6.07, 6.45) is 3.63. The molecule has 0 aliphatic carbocycles. The molecule has 4 aromatic rings. The lowest BCUT2D eigenvalue weighted by Gasteiger charge is -2.26. The van der Waals surface area contributed by atoms with Gasteiger partial charge in [0.2, 0.25) is 0 Å². The summed E-state index contributed by atoms with van der Waals surface area (Å²) in [5.41, 5.74) is 5.02. The quantitative estimate of drug-likeness (QED) is 0.311. The van der Waals surface area contributed by atoms with Gasteiger partial charge in [-0.25, -0.2) is 0 Å². The molecule has 3 heterocycles. The minimum Gasteiger partial charge on any atom is -0.507 e. The molecule has 1 aliphatic heterocycles. The van der Waals surface area contributed by atoms with Gasteiger partial charge in [0.1, 0.15) is 28.6 Å². The Balaban J connectivity index is 1.64. The van der Waals surface area contributed by atoms with E-state index in [4.69, 9.17) is 9.15 Å². The minimum absolute atomic E-state index is 0.164. The van der Waals surface area contributed by atoms with Gasteiger partial charge in [0.15, 0.2) is 0 Å². The maximum Gasteiger partial charge on any atom is 0.273 e. The highest BCUT2D eigenvalue weighted by Crippen LogP contribution is 2.46. The molecule has 1 aliphatic rings. The van der Waals surface area contributed by atoms with Crippen LogP contribution < -0.4 is 4.74 Å². The predicted molar refractivity (Wildman–Crippen MR) is 132 cm³/mol. The Morgan fingerprint density at radius 1 is 1.17 bits per heavy atom. The van der Waals surface area contributed by atoms with Crippen LogP contribution in [0, 0.1) is 13.8 Å². The van der Waals surface area contributed by atoms with Gasteiger partial charge < -0.3 is 19.2 Å². The second kappa shape index (κ2) is 9.33. The number of rotatable bonds is 8. The average Bonchev–Trinajstić information content (AvgIpc) is 3.56. The number of benzene rings is 2. The molecule has 1 unspecified atom stereocenters. The summed E-state index contributed by atoms with van der Waals surface area (Å²) in [5, 5.41) is 18.4. The van der Waals surface area contributed by atoms with Crippen LogP contribution in [0.4, 0.5) is 0 Å². The molecule has 0 spiro atoms. The zero-order valence-corrected chi connectivity index (χ0v) is 20.2. The molecular formula is C28H29N3O4. The summed E-state index contributed by atoms with van der Waals surface area (Å²) in [6.45, 7) is 6.91. The summed E-state index contributed by atoms with van der Waals surface area (Å²) in [4.78, 5) is 15.4. The maximum absolute atomic E-state index is 13.6. The molecule has 2 aromatic carbocycles. The minimum atomic E-state index is -0.425. The third-order valence-corrected chi connectivity index (χ3v) is 6.41. The molecular weight excluding hydrogens is 442 g/mol.